The van der Waals surface area contributed by atoms with E-state index < -0.39 is 5.91 Å². The van der Waals surface area contributed by atoms with Crippen LogP contribution < -0.4 is 10.6 Å². The van der Waals surface area contributed by atoms with Crippen LogP contribution in [0.1, 0.15) is 33.8 Å². The minimum Gasteiger partial charge on any atom is -0.349 e. The minimum atomic E-state index is -0.407. The van der Waals surface area contributed by atoms with Gasteiger partial charge in [-0.1, -0.05) is 6.07 Å². The Hall–Kier alpha value is -3.59. The highest BCUT2D eigenvalue weighted by atomic mass is 16.2. The molecule has 1 aliphatic rings. The van der Waals surface area contributed by atoms with E-state index in [9.17, 15) is 9.59 Å². The molecule has 0 radical (unpaired) electrons. The predicted molar refractivity (Wildman–Crippen MR) is 117 cm³/mol. The lowest BCUT2D eigenvalue weighted by molar-refractivity contribution is 0.0945. The van der Waals surface area contributed by atoms with E-state index in [1.165, 1.54) is 17.5 Å². The van der Waals surface area contributed by atoms with Crippen LogP contribution in [0.3, 0.4) is 0 Å². The number of likely N-dealkylation sites (tertiary alicyclic amines) is 1. The molecular formula is C22H25N7O2. The van der Waals surface area contributed by atoms with Crippen molar-refractivity contribution in [3.63, 3.8) is 0 Å². The van der Waals surface area contributed by atoms with Crippen LogP contribution in [0, 0.1) is 0 Å². The van der Waals surface area contributed by atoms with E-state index in [0.717, 1.165) is 25.2 Å². The first kappa shape index (κ1) is 20.7. The van der Waals surface area contributed by atoms with Crippen molar-refractivity contribution in [3.05, 3.63) is 60.3 Å². The van der Waals surface area contributed by atoms with Gasteiger partial charge in [0, 0.05) is 44.3 Å². The highest BCUT2D eigenvalue weighted by Gasteiger charge is 2.20. The van der Waals surface area contributed by atoms with Crippen LogP contribution in [-0.4, -0.2) is 62.6 Å². The number of pyridine rings is 2. The zero-order chi connectivity index (χ0) is 21.6. The number of carbonyl (C=O) groups is 2. The number of nitrogens with zero attached hydrogens (tertiary/aromatic N) is 5. The van der Waals surface area contributed by atoms with E-state index in [-0.39, 0.29) is 17.3 Å². The fraction of sp³-hybridized carbons (Fsp3) is 0.318. The summed E-state index contributed by atoms with van der Waals surface area (Å²) < 4.78 is 1.51. The number of aryl methyl sites for hydroxylation is 1. The molecule has 4 rings (SSSR count). The molecule has 9 heteroatoms. The summed E-state index contributed by atoms with van der Waals surface area (Å²) in [5, 5.41) is 9.89. The Bertz CT molecular complexity index is 1060. The van der Waals surface area contributed by atoms with Gasteiger partial charge in [0.15, 0.2) is 5.69 Å². The molecule has 3 aromatic heterocycles. The second-order valence-corrected chi connectivity index (χ2v) is 7.47. The molecule has 0 atom stereocenters. The summed E-state index contributed by atoms with van der Waals surface area (Å²) >= 11 is 0. The molecule has 0 spiro atoms. The summed E-state index contributed by atoms with van der Waals surface area (Å²) in [5.74, 6) is -0.719. The van der Waals surface area contributed by atoms with Gasteiger partial charge in [-0.05, 0) is 50.2 Å². The molecule has 4 heterocycles. The molecule has 1 aliphatic heterocycles. The van der Waals surface area contributed by atoms with E-state index in [4.69, 9.17) is 0 Å². The lowest BCUT2D eigenvalue weighted by Gasteiger charge is -2.14. The Balaban J connectivity index is 1.43. The third kappa shape index (κ3) is 5.13. The first-order valence-corrected chi connectivity index (χ1v) is 10.3. The molecule has 3 aromatic rings. The lowest BCUT2D eigenvalue weighted by atomic mass is 10.1. The largest absolute Gasteiger partial charge is 0.349 e. The summed E-state index contributed by atoms with van der Waals surface area (Å²) in [4.78, 5) is 36.2. The Labute approximate surface area is 180 Å². The van der Waals surface area contributed by atoms with Crippen molar-refractivity contribution < 1.29 is 9.59 Å². The monoisotopic (exact) mass is 419 g/mol. The molecule has 0 aliphatic carbocycles. The van der Waals surface area contributed by atoms with Gasteiger partial charge < -0.3 is 15.5 Å². The third-order valence-electron chi connectivity index (χ3n) is 5.16. The number of rotatable bonds is 7. The van der Waals surface area contributed by atoms with Gasteiger partial charge in [-0.3, -0.25) is 19.3 Å². The highest BCUT2D eigenvalue weighted by Crippen LogP contribution is 2.18. The van der Waals surface area contributed by atoms with Gasteiger partial charge in [0.2, 0.25) is 0 Å². The van der Waals surface area contributed by atoms with Gasteiger partial charge in [0.05, 0.1) is 11.4 Å². The van der Waals surface area contributed by atoms with Crippen LogP contribution >= 0.6 is 0 Å². The molecule has 31 heavy (non-hydrogen) atoms. The topological polar surface area (TPSA) is 105 Å². The Morgan fingerprint density at radius 2 is 1.84 bits per heavy atom. The van der Waals surface area contributed by atoms with E-state index in [0.29, 0.717) is 17.9 Å². The number of anilines is 1. The van der Waals surface area contributed by atoms with Crippen LogP contribution in [0.2, 0.25) is 0 Å². The van der Waals surface area contributed by atoms with Crippen molar-refractivity contribution in [3.8, 4) is 11.3 Å². The number of amides is 2. The maximum absolute atomic E-state index is 12.8. The molecule has 9 nitrogen and oxygen atoms in total. The fourth-order valence-corrected chi connectivity index (χ4v) is 3.60. The molecule has 2 amide bonds. The molecule has 0 unspecified atom stereocenters. The molecular weight excluding hydrogens is 394 g/mol. The van der Waals surface area contributed by atoms with E-state index in [1.807, 2.05) is 18.2 Å². The summed E-state index contributed by atoms with van der Waals surface area (Å²) in [6.45, 7) is 3.50. The number of hydrogen-bond acceptors (Lipinski definition) is 6. The van der Waals surface area contributed by atoms with Crippen LogP contribution in [0.25, 0.3) is 11.3 Å². The Morgan fingerprint density at radius 1 is 1.06 bits per heavy atom. The average molecular weight is 419 g/mol. The smallest absolute Gasteiger partial charge is 0.274 e. The van der Waals surface area contributed by atoms with Crippen LogP contribution in [0.15, 0.2) is 48.9 Å². The quantitative estimate of drug-likeness (QED) is 0.607. The van der Waals surface area contributed by atoms with Gasteiger partial charge in [0.1, 0.15) is 5.69 Å². The Kier molecular flexibility index (Phi) is 6.32. The molecule has 0 bridgehead atoms. The van der Waals surface area contributed by atoms with E-state index in [1.54, 1.807) is 37.8 Å². The van der Waals surface area contributed by atoms with Gasteiger partial charge in [-0.25, -0.2) is 4.98 Å². The second kappa shape index (κ2) is 9.48. The molecule has 2 N–H and O–H groups in total. The molecule has 1 fully saturated rings. The highest BCUT2D eigenvalue weighted by molar-refractivity contribution is 6.07. The normalized spacial score (nSPS) is 13.8. The first-order chi connectivity index (χ1) is 15.1. The van der Waals surface area contributed by atoms with Crippen molar-refractivity contribution in [2.24, 2.45) is 7.05 Å². The summed E-state index contributed by atoms with van der Waals surface area (Å²) in [6.07, 6.45) is 7.38. The third-order valence-corrected chi connectivity index (χ3v) is 5.16. The van der Waals surface area contributed by atoms with Crippen LogP contribution in [-0.2, 0) is 7.05 Å². The van der Waals surface area contributed by atoms with Crippen LogP contribution in [0.5, 0.6) is 0 Å². The molecule has 0 aromatic carbocycles. The number of carbonyl (C=O) groups excluding carboxylic acids is 2. The Morgan fingerprint density at radius 3 is 2.61 bits per heavy atom. The summed E-state index contributed by atoms with van der Waals surface area (Å²) in [6, 6.07) is 8.89. The maximum Gasteiger partial charge on any atom is 0.274 e. The van der Waals surface area contributed by atoms with Gasteiger partial charge in [0.25, 0.3) is 11.8 Å². The average Bonchev–Trinajstić information content (AvgIpc) is 3.44. The number of aromatic nitrogens is 4. The lowest BCUT2D eigenvalue weighted by Crippen LogP contribution is -2.34. The van der Waals surface area contributed by atoms with Crippen LogP contribution in [0.4, 0.5) is 5.69 Å². The van der Waals surface area contributed by atoms with Crippen molar-refractivity contribution in [2.45, 2.75) is 12.8 Å². The van der Waals surface area contributed by atoms with Crippen molar-refractivity contribution in [1.82, 2.24) is 30.0 Å². The maximum atomic E-state index is 12.8. The van der Waals surface area contributed by atoms with E-state index >= 15 is 0 Å². The van der Waals surface area contributed by atoms with Gasteiger partial charge in [-0.15, -0.1) is 0 Å². The zero-order valence-corrected chi connectivity index (χ0v) is 17.4. The molecule has 1 saturated heterocycles. The van der Waals surface area contributed by atoms with Crippen molar-refractivity contribution >= 4 is 17.5 Å². The predicted octanol–water partition coefficient (Wildman–Crippen LogP) is 1.95. The standard InChI is InChI=1S/C22H25N7O2/c1-28-15-19(20(27-28)22(31)24-11-14-29-12-2-3-13-29)26-21(30)18-6-4-5-17(25-18)16-7-9-23-10-8-16/h4-10,15H,2-3,11-14H2,1H3,(H,24,31)(H,26,30). The van der Waals surface area contributed by atoms with Crippen molar-refractivity contribution in [1.29, 1.82) is 0 Å². The fourth-order valence-electron chi connectivity index (χ4n) is 3.60. The molecule has 160 valence electrons. The SMILES string of the molecule is Cn1cc(NC(=O)c2cccc(-c3ccncc3)n2)c(C(=O)NCCN2CCCC2)n1. The van der Waals surface area contributed by atoms with Gasteiger partial charge >= 0.3 is 0 Å². The zero-order valence-electron chi connectivity index (χ0n) is 17.4. The number of nitrogens with one attached hydrogen (secondary N) is 2. The van der Waals surface area contributed by atoms with E-state index in [2.05, 4.69) is 30.6 Å². The second-order valence-electron chi connectivity index (χ2n) is 7.47. The van der Waals surface area contributed by atoms with Gasteiger partial charge in [-0.2, -0.15) is 5.10 Å². The first-order valence-electron chi connectivity index (χ1n) is 10.3. The number of hydrogen-bond donors (Lipinski definition) is 2. The summed E-state index contributed by atoms with van der Waals surface area (Å²) in [7, 11) is 1.71. The minimum absolute atomic E-state index is 0.183. The van der Waals surface area contributed by atoms with Crippen molar-refractivity contribution in [2.75, 3.05) is 31.5 Å². The summed E-state index contributed by atoms with van der Waals surface area (Å²) in [5.41, 5.74) is 2.31. The molecule has 0 saturated carbocycles.